The molecule has 2 heterocycles. The summed E-state index contributed by atoms with van der Waals surface area (Å²) in [5.41, 5.74) is 3.57. The number of carbonyl (C=O) groups excluding carboxylic acids is 1. The summed E-state index contributed by atoms with van der Waals surface area (Å²) in [6.45, 7) is 6.12. The molecule has 1 amide bonds. The maximum absolute atomic E-state index is 11.6. The summed E-state index contributed by atoms with van der Waals surface area (Å²) in [6.07, 6.45) is 2.58. The van der Waals surface area contributed by atoms with Gasteiger partial charge in [-0.25, -0.2) is 4.98 Å². The minimum absolute atomic E-state index is 0.293. The Morgan fingerprint density at radius 1 is 1.27 bits per heavy atom. The van der Waals surface area contributed by atoms with Gasteiger partial charge in [-0.05, 0) is 17.9 Å². The fraction of sp³-hybridized carbons (Fsp3) is 0.444. The molecule has 116 valence electrons. The summed E-state index contributed by atoms with van der Waals surface area (Å²) >= 11 is 1.69. The number of thiazole rings is 1. The van der Waals surface area contributed by atoms with E-state index in [0.717, 1.165) is 36.6 Å². The van der Waals surface area contributed by atoms with Crippen LogP contribution in [0.5, 0.6) is 0 Å². The highest BCUT2D eigenvalue weighted by molar-refractivity contribution is 7.09. The predicted molar refractivity (Wildman–Crippen MR) is 91.2 cm³/mol. The number of rotatable bonds is 5. The first-order valence-corrected chi connectivity index (χ1v) is 8.84. The number of aromatic nitrogens is 1. The summed E-state index contributed by atoms with van der Waals surface area (Å²) in [7, 11) is 0. The van der Waals surface area contributed by atoms with Crippen LogP contribution in [0.4, 0.5) is 0 Å². The van der Waals surface area contributed by atoms with Gasteiger partial charge in [-0.15, -0.1) is 11.3 Å². The van der Waals surface area contributed by atoms with E-state index < -0.39 is 0 Å². The molecule has 1 fully saturated rings. The molecule has 1 aromatic heterocycles. The smallest absolute Gasteiger partial charge is 0.222 e. The van der Waals surface area contributed by atoms with Crippen LogP contribution < -0.4 is 0 Å². The van der Waals surface area contributed by atoms with E-state index in [-0.39, 0.29) is 0 Å². The molecule has 0 spiro atoms. The van der Waals surface area contributed by atoms with Crippen LogP contribution in [0.25, 0.3) is 11.3 Å². The van der Waals surface area contributed by atoms with Gasteiger partial charge in [0.15, 0.2) is 0 Å². The van der Waals surface area contributed by atoms with Gasteiger partial charge < -0.3 is 4.90 Å². The second-order valence-corrected chi connectivity index (χ2v) is 7.08. The Morgan fingerprint density at radius 2 is 2.05 bits per heavy atom. The SMILES string of the molecule is CC(C)c1ccc(-c2csc(CCN3CCCC3=O)n2)cc1. The zero-order chi connectivity index (χ0) is 15.5. The Labute approximate surface area is 136 Å². The molecule has 2 aromatic rings. The average Bonchev–Trinajstić information content (AvgIpc) is 3.14. The van der Waals surface area contributed by atoms with Crippen LogP contribution in [0.3, 0.4) is 0 Å². The van der Waals surface area contributed by atoms with E-state index in [4.69, 9.17) is 4.98 Å². The molecule has 0 saturated carbocycles. The quantitative estimate of drug-likeness (QED) is 0.832. The molecule has 3 nitrogen and oxygen atoms in total. The van der Waals surface area contributed by atoms with E-state index in [9.17, 15) is 4.79 Å². The topological polar surface area (TPSA) is 33.2 Å². The highest BCUT2D eigenvalue weighted by Gasteiger charge is 2.19. The molecule has 0 bridgehead atoms. The second-order valence-electron chi connectivity index (χ2n) is 6.14. The number of amides is 1. The zero-order valence-corrected chi connectivity index (χ0v) is 14.0. The maximum Gasteiger partial charge on any atom is 0.222 e. The van der Waals surface area contributed by atoms with Crippen LogP contribution in [0, 0.1) is 0 Å². The molecule has 0 N–H and O–H groups in total. The Bertz CT molecular complexity index is 645. The number of likely N-dealkylation sites (tertiary alicyclic amines) is 1. The van der Waals surface area contributed by atoms with Gasteiger partial charge in [-0.2, -0.15) is 0 Å². The summed E-state index contributed by atoms with van der Waals surface area (Å²) in [5, 5.41) is 3.23. The summed E-state index contributed by atoms with van der Waals surface area (Å²) < 4.78 is 0. The first-order valence-electron chi connectivity index (χ1n) is 7.96. The monoisotopic (exact) mass is 314 g/mol. The van der Waals surface area contributed by atoms with Crippen molar-refractivity contribution in [2.24, 2.45) is 0 Å². The van der Waals surface area contributed by atoms with Gasteiger partial charge in [-0.3, -0.25) is 4.79 Å². The van der Waals surface area contributed by atoms with Crippen LogP contribution in [-0.4, -0.2) is 28.9 Å². The predicted octanol–water partition coefficient (Wildman–Crippen LogP) is 4.10. The third-order valence-corrected chi connectivity index (χ3v) is 5.10. The molecule has 22 heavy (non-hydrogen) atoms. The van der Waals surface area contributed by atoms with Crippen molar-refractivity contribution in [3.8, 4) is 11.3 Å². The highest BCUT2D eigenvalue weighted by Crippen LogP contribution is 2.24. The summed E-state index contributed by atoms with van der Waals surface area (Å²) in [5.74, 6) is 0.846. The maximum atomic E-state index is 11.6. The van der Waals surface area contributed by atoms with Gasteiger partial charge in [0.25, 0.3) is 0 Å². The van der Waals surface area contributed by atoms with Crippen LogP contribution >= 0.6 is 11.3 Å². The van der Waals surface area contributed by atoms with E-state index in [0.29, 0.717) is 18.2 Å². The molecule has 1 aliphatic heterocycles. The van der Waals surface area contributed by atoms with Crippen molar-refractivity contribution in [3.05, 3.63) is 40.2 Å². The lowest BCUT2D eigenvalue weighted by atomic mass is 10.0. The Hall–Kier alpha value is -1.68. The fourth-order valence-corrected chi connectivity index (χ4v) is 3.56. The highest BCUT2D eigenvalue weighted by atomic mass is 32.1. The Kier molecular flexibility index (Phi) is 4.57. The normalized spacial score (nSPS) is 15.0. The minimum atomic E-state index is 0.293. The average molecular weight is 314 g/mol. The first kappa shape index (κ1) is 15.2. The largest absolute Gasteiger partial charge is 0.342 e. The van der Waals surface area contributed by atoms with Gasteiger partial charge in [0, 0.05) is 36.9 Å². The molecule has 1 saturated heterocycles. The number of carbonyl (C=O) groups is 1. The number of benzene rings is 1. The van der Waals surface area contributed by atoms with Crippen molar-refractivity contribution in [1.82, 2.24) is 9.88 Å². The minimum Gasteiger partial charge on any atom is -0.342 e. The van der Waals surface area contributed by atoms with E-state index in [2.05, 4.69) is 43.5 Å². The Balaban J connectivity index is 1.64. The van der Waals surface area contributed by atoms with E-state index in [1.807, 2.05) is 4.90 Å². The standard InChI is InChI=1S/C18H22N2OS/c1-13(2)14-5-7-15(8-6-14)16-12-22-17(19-16)9-11-20-10-3-4-18(20)21/h5-8,12-13H,3-4,9-11H2,1-2H3. The molecule has 0 aliphatic carbocycles. The van der Waals surface area contributed by atoms with Crippen molar-refractivity contribution in [3.63, 3.8) is 0 Å². The van der Waals surface area contributed by atoms with Gasteiger partial charge in [0.1, 0.15) is 0 Å². The molecular weight excluding hydrogens is 292 g/mol. The van der Waals surface area contributed by atoms with Gasteiger partial charge in [0.2, 0.25) is 5.91 Å². The zero-order valence-electron chi connectivity index (χ0n) is 13.2. The van der Waals surface area contributed by atoms with Gasteiger partial charge >= 0.3 is 0 Å². The van der Waals surface area contributed by atoms with Crippen molar-refractivity contribution in [2.75, 3.05) is 13.1 Å². The molecular formula is C18H22N2OS. The van der Waals surface area contributed by atoms with Crippen molar-refractivity contribution in [2.45, 2.75) is 39.0 Å². The number of hydrogen-bond donors (Lipinski definition) is 0. The van der Waals surface area contributed by atoms with Crippen LogP contribution in [-0.2, 0) is 11.2 Å². The number of nitrogens with zero attached hydrogens (tertiary/aromatic N) is 2. The molecule has 3 rings (SSSR count). The van der Waals surface area contributed by atoms with Crippen LogP contribution in [0.15, 0.2) is 29.6 Å². The van der Waals surface area contributed by atoms with Gasteiger partial charge in [0.05, 0.1) is 10.7 Å². The molecule has 4 heteroatoms. The summed E-state index contributed by atoms with van der Waals surface area (Å²) in [4.78, 5) is 18.3. The van der Waals surface area contributed by atoms with Crippen molar-refractivity contribution in [1.29, 1.82) is 0 Å². The summed E-state index contributed by atoms with van der Waals surface area (Å²) in [6, 6.07) is 8.67. The van der Waals surface area contributed by atoms with Crippen LogP contribution in [0.1, 0.15) is 43.2 Å². The lowest BCUT2D eigenvalue weighted by Gasteiger charge is -2.13. The molecule has 0 unspecified atom stereocenters. The Morgan fingerprint density at radius 3 is 2.68 bits per heavy atom. The van der Waals surface area contributed by atoms with Crippen LogP contribution in [0.2, 0.25) is 0 Å². The molecule has 1 aromatic carbocycles. The van der Waals surface area contributed by atoms with E-state index in [1.165, 1.54) is 11.1 Å². The second kappa shape index (κ2) is 6.61. The lowest BCUT2D eigenvalue weighted by molar-refractivity contribution is -0.127. The first-order chi connectivity index (χ1) is 10.6. The van der Waals surface area contributed by atoms with E-state index >= 15 is 0 Å². The fourth-order valence-electron chi connectivity index (χ4n) is 2.77. The molecule has 0 radical (unpaired) electrons. The van der Waals surface area contributed by atoms with Crippen molar-refractivity contribution < 1.29 is 4.79 Å². The molecule has 1 aliphatic rings. The van der Waals surface area contributed by atoms with E-state index in [1.54, 1.807) is 11.3 Å². The third-order valence-electron chi connectivity index (χ3n) is 4.19. The lowest BCUT2D eigenvalue weighted by Crippen LogP contribution is -2.26. The van der Waals surface area contributed by atoms with Crippen molar-refractivity contribution >= 4 is 17.2 Å². The molecule has 0 atom stereocenters. The third kappa shape index (κ3) is 3.38. The van der Waals surface area contributed by atoms with Gasteiger partial charge in [-0.1, -0.05) is 38.1 Å². The number of hydrogen-bond acceptors (Lipinski definition) is 3.